The van der Waals surface area contributed by atoms with Gasteiger partial charge < -0.3 is 14.6 Å². The molecule has 1 N–H and O–H groups in total. The fraction of sp³-hybridized carbons (Fsp3) is 0.400. The topological polar surface area (TPSA) is 38.7 Å². The second-order valence-electron chi connectivity index (χ2n) is 2.77. The zero-order chi connectivity index (χ0) is 10.7. The van der Waals surface area contributed by atoms with Crippen molar-refractivity contribution in [3.8, 4) is 17.2 Å². The summed E-state index contributed by atoms with van der Waals surface area (Å²) in [6.07, 6.45) is 0.685. The molecule has 0 aliphatic heterocycles. The number of ether oxygens (including phenoxy) is 2. The van der Waals surface area contributed by atoms with E-state index >= 15 is 0 Å². The van der Waals surface area contributed by atoms with Gasteiger partial charge in [-0.3, -0.25) is 0 Å². The van der Waals surface area contributed by atoms with Crippen LogP contribution in [0.15, 0.2) is 10.5 Å². The van der Waals surface area contributed by atoms with Gasteiger partial charge in [0.2, 0.25) is 0 Å². The molecule has 1 aromatic carbocycles. The van der Waals surface area contributed by atoms with Crippen molar-refractivity contribution in [3.05, 3.63) is 16.1 Å². The van der Waals surface area contributed by atoms with Gasteiger partial charge >= 0.3 is 0 Å². The molecular formula is C10H13BrO3. The molecular weight excluding hydrogens is 248 g/mol. The maximum absolute atomic E-state index is 9.75. The molecule has 0 radical (unpaired) electrons. The summed E-state index contributed by atoms with van der Waals surface area (Å²) in [5, 5.41) is 9.75. The highest BCUT2D eigenvalue weighted by Crippen LogP contribution is 2.42. The van der Waals surface area contributed by atoms with Crippen molar-refractivity contribution in [2.75, 3.05) is 14.2 Å². The minimum absolute atomic E-state index is 0.213. The summed E-state index contributed by atoms with van der Waals surface area (Å²) < 4.78 is 11.0. The Morgan fingerprint density at radius 1 is 1.36 bits per heavy atom. The Morgan fingerprint density at radius 3 is 2.43 bits per heavy atom. The summed E-state index contributed by atoms with van der Waals surface area (Å²) in [5.41, 5.74) is 0.749. The number of aromatic hydroxyl groups is 1. The first-order chi connectivity index (χ1) is 6.65. The smallest absolute Gasteiger partial charge is 0.167 e. The second kappa shape index (κ2) is 4.55. The Hall–Kier alpha value is -0.900. The Morgan fingerprint density at radius 2 is 2.00 bits per heavy atom. The quantitative estimate of drug-likeness (QED) is 0.909. The Balaban J connectivity index is 3.42. The number of benzene rings is 1. The van der Waals surface area contributed by atoms with Gasteiger partial charge in [0, 0.05) is 11.6 Å². The lowest BCUT2D eigenvalue weighted by atomic mass is 10.1. The lowest BCUT2D eigenvalue weighted by Crippen LogP contribution is -1.96. The van der Waals surface area contributed by atoms with Crippen LogP contribution in [0.2, 0.25) is 0 Å². The highest BCUT2D eigenvalue weighted by Gasteiger charge is 2.16. The number of rotatable bonds is 3. The molecule has 0 aliphatic carbocycles. The lowest BCUT2D eigenvalue weighted by Gasteiger charge is -2.14. The Kier molecular flexibility index (Phi) is 3.63. The van der Waals surface area contributed by atoms with Crippen LogP contribution in [0.3, 0.4) is 0 Å². The predicted molar refractivity (Wildman–Crippen MR) is 58.3 cm³/mol. The fourth-order valence-electron chi connectivity index (χ4n) is 1.35. The van der Waals surface area contributed by atoms with Gasteiger partial charge in [-0.2, -0.15) is 0 Å². The van der Waals surface area contributed by atoms with Crippen LogP contribution >= 0.6 is 15.9 Å². The van der Waals surface area contributed by atoms with Crippen molar-refractivity contribution in [2.24, 2.45) is 0 Å². The van der Waals surface area contributed by atoms with E-state index in [-0.39, 0.29) is 5.75 Å². The van der Waals surface area contributed by atoms with Gasteiger partial charge in [-0.1, -0.05) is 6.92 Å². The molecule has 4 heteroatoms. The third-order valence-electron chi connectivity index (χ3n) is 2.05. The molecule has 0 amide bonds. The molecule has 0 aliphatic rings. The van der Waals surface area contributed by atoms with Crippen molar-refractivity contribution in [1.29, 1.82) is 0 Å². The van der Waals surface area contributed by atoms with E-state index in [9.17, 15) is 5.11 Å². The Bertz CT molecular complexity index is 337. The average molecular weight is 261 g/mol. The average Bonchev–Trinajstić information content (AvgIpc) is 2.20. The van der Waals surface area contributed by atoms with E-state index in [0.717, 1.165) is 5.56 Å². The summed E-state index contributed by atoms with van der Waals surface area (Å²) in [6, 6.07) is 1.69. The van der Waals surface area contributed by atoms with Gasteiger partial charge in [0.1, 0.15) is 5.75 Å². The molecule has 0 saturated carbocycles. The molecule has 0 spiro atoms. The third kappa shape index (κ3) is 1.80. The van der Waals surface area contributed by atoms with Gasteiger partial charge in [-0.25, -0.2) is 0 Å². The van der Waals surface area contributed by atoms with Crippen LogP contribution in [0.1, 0.15) is 12.5 Å². The van der Waals surface area contributed by atoms with E-state index in [4.69, 9.17) is 9.47 Å². The van der Waals surface area contributed by atoms with E-state index in [1.165, 1.54) is 0 Å². The van der Waals surface area contributed by atoms with Crippen molar-refractivity contribution in [1.82, 2.24) is 0 Å². The summed E-state index contributed by atoms with van der Waals surface area (Å²) in [6.45, 7) is 1.95. The summed E-state index contributed by atoms with van der Waals surface area (Å²) >= 11 is 3.26. The normalized spacial score (nSPS) is 10.0. The highest BCUT2D eigenvalue weighted by atomic mass is 79.9. The first kappa shape index (κ1) is 11.2. The van der Waals surface area contributed by atoms with E-state index < -0.39 is 0 Å². The zero-order valence-electron chi connectivity index (χ0n) is 8.43. The van der Waals surface area contributed by atoms with E-state index in [2.05, 4.69) is 15.9 Å². The third-order valence-corrected chi connectivity index (χ3v) is 2.65. The van der Waals surface area contributed by atoms with Gasteiger partial charge in [-0.05, 0) is 22.4 Å². The zero-order valence-corrected chi connectivity index (χ0v) is 10.0. The van der Waals surface area contributed by atoms with Gasteiger partial charge in [0.05, 0.1) is 18.7 Å². The first-order valence-corrected chi connectivity index (χ1v) is 5.07. The standard InChI is InChI=1S/C10H13BrO3/c1-4-6-9(12)7(11)5-8(13-2)10(6)14-3/h5,12H,4H2,1-3H3. The molecule has 0 aromatic heterocycles. The maximum atomic E-state index is 9.75. The monoisotopic (exact) mass is 260 g/mol. The number of phenolic OH excluding ortho intramolecular Hbond substituents is 1. The highest BCUT2D eigenvalue weighted by molar-refractivity contribution is 9.10. The molecule has 0 bridgehead atoms. The van der Waals surface area contributed by atoms with E-state index in [1.807, 2.05) is 6.92 Å². The maximum Gasteiger partial charge on any atom is 0.167 e. The molecule has 78 valence electrons. The minimum atomic E-state index is 0.213. The van der Waals surface area contributed by atoms with Crippen molar-refractivity contribution in [3.63, 3.8) is 0 Å². The van der Waals surface area contributed by atoms with Crippen LogP contribution in [-0.2, 0) is 6.42 Å². The molecule has 0 heterocycles. The molecule has 0 atom stereocenters. The molecule has 0 fully saturated rings. The van der Waals surface area contributed by atoms with E-state index in [1.54, 1.807) is 20.3 Å². The number of phenols is 1. The fourth-order valence-corrected chi connectivity index (χ4v) is 1.80. The predicted octanol–water partition coefficient (Wildman–Crippen LogP) is 2.73. The first-order valence-electron chi connectivity index (χ1n) is 4.28. The SMILES string of the molecule is CCc1c(O)c(Br)cc(OC)c1OC. The van der Waals surface area contributed by atoms with Crippen molar-refractivity contribution >= 4 is 15.9 Å². The number of methoxy groups -OCH3 is 2. The van der Waals surface area contributed by atoms with Crippen LogP contribution in [0.25, 0.3) is 0 Å². The van der Waals surface area contributed by atoms with Crippen LogP contribution in [0.4, 0.5) is 0 Å². The van der Waals surface area contributed by atoms with Crippen molar-refractivity contribution < 1.29 is 14.6 Å². The molecule has 3 nitrogen and oxygen atoms in total. The minimum Gasteiger partial charge on any atom is -0.506 e. The van der Waals surface area contributed by atoms with E-state index in [0.29, 0.717) is 22.4 Å². The molecule has 0 saturated heterocycles. The molecule has 1 rings (SSSR count). The van der Waals surface area contributed by atoms with Crippen LogP contribution in [-0.4, -0.2) is 19.3 Å². The molecule has 1 aromatic rings. The Labute approximate surface area is 91.8 Å². The number of halogens is 1. The number of hydrogen-bond acceptors (Lipinski definition) is 3. The summed E-state index contributed by atoms with van der Waals surface area (Å²) in [7, 11) is 3.13. The molecule has 14 heavy (non-hydrogen) atoms. The summed E-state index contributed by atoms with van der Waals surface area (Å²) in [5.74, 6) is 1.43. The van der Waals surface area contributed by atoms with Gasteiger partial charge in [0.15, 0.2) is 11.5 Å². The van der Waals surface area contributed by atoms with Crippen LogP contribution < -0.4 is 9.47 Å². The largest absolute Gasteiger partial charge is 0.506 e. The van der Waals surface area contributed by atoms with Crippen LogP contribution in [0.5, 0.6) is 17.2 Å². The number of hydrogen-bond donors (Lipinski definition) is 1. The van der Waals surface area contributed by atoms with Gasteiger partial charge in [0.25, 0.3) is 0 Å². The second-order valence-corrected chi connectivity index (χ2v) is 3.63. The van der Waals surface area contributed by atoms with Gasteiger partial charge in [-0.15, -0.1) is 0 Å². The van der Waals surface area contributed by atoms with Crippen molar-refractivity contribution in [2.45, 2.75) is 13.3 Å². The van der Waals surface area contributed by atoms with Crippen LogP contribution in [0, 0.1) is 0 Å². The lowest BCUT2D eigenvalue weighted by molar-refractivity contribution is 0.346. The molecule has 0 unspecified atom stereocenters. The summed E-state index contributed by atoms with van der Waals surface area (Å²) in [4.78, 5) is 0.